The van der Waals surface area contributed by atoms with E-state index in [1.165, 1.54) is 0 Å². The summed E-state index contributed by atoms with van der Waals surface area (Å²) in [7, 11) is 3.49. The molecule has 0 aliphatic carbocycles. The number of benzene rings is 2. The maximum atomic E-state index is 12.2. The summed E-state index contributed by atoms with van der Waals surface area (Å²) in [4.78, 5) is 24.7. The van der Waals surface area contributed by atoms with Gasteiger partial charge in [-0.3, -0.25) is 9.59 Å². The number of carbonyl (C=O) groups excluding carboxylic acids is 2. The number of amides is 2. The first-order chi connectivity index (χ1) is 12.4. The highest BCUT2D eigenvalue weighted by Crippen LogP contribution is 2.20. The van der Waals surface area contributed by atoms with Gasteiger partial charge in [0.1, 0.15) is 12.6 Å². The summed E-state index contributed by atoms with van der Waals surface area (Å²) in [6.45, 7) is 0.858. The molecule has 2 aromatic carbocycles. The maximum Gasteiger partial charge on any atom is 0.279 e. The number of nitrogens with zero attached hydrogens (tertiary/aromatic N) is 1. The van der Waals surface area contributed by atoms with Crippen molar-refractivity contribution in [3.63, 3.8) is 0 Å². The van der Waals surface area contributed by atoms with Gasteiger partial charge in [-0.15, -0.1) is 0 Å². The van der Waals surface area contributed by atoms with Gasteiger partial charge in [-0.2, -0.15) is 5.26 Å². The van der Waals surface area contributed by atoms with Crippen molar-refractivity contribution in [2.45, 2.75) is 6.54 Å². The first-order valence-corrected chi connectivity index (χ1v) is 8.42. The normalized spacial score (nSPS) is 11.3. The molecule has 2 rings (SSSR count). The number of hydrogen-bond donors (Lipinski definition) is 3. The summed E-state index contributed by atoms with van der Waals surface area (Å²) in [5.74, 6) is -0.338. The number of anilines is 1. The average Bonchev–Trinajstić information content (AvgIpc) is 2.61. The third-order valence-electron chi connectivity index (χ3n) is 3.79. The van der Waals surface area contributed by atoms with Crippen LogP contribution in [-0.2, 0) is 11.3 Å². The van der Waals surface area contributed by atoms with E-state index in [0.717, 1.165) is 10.5 Å². The van der Waals surface area contributed by atoms with Crippen LogP contribution in [0.25, 0.3) is 0 Å². The van der Waals surface area contributed by atoms with Crippen molar-refractivity contribution in [2.75, 3.05) is 26.0 Å². The topological polar surface area (TPSA) is 86.4 Å². The lowest BCUT2D eigenvalue weighted by atomic mass is 10.1. The van der Waals surface area contributed by atoms with Gasteiger partial charge in [0, 0.05) is 23.2 Å². The Morgan fingerprint density at radius 2 is 1.88 bits per heavy atom. The Labute approximate surface area is 157 Å². The molecule has 0 aromatic heterocycles. The second kappa shape index (κ2) is 8.99. The summed E-state index contributed by atoms with van der Waals surface area (Å²) in [6.07, 6.45) is 0. The zero-order valence-corrected chi connectivity index (χ0v) is 15.4. The summed E-state index contributed by atoms with van der Waals surface area (Å²) < 4.78 is 0. The standard InChI is InChI=1S/C19H19ClN4O2/c1-22-19(26)14-5-3-13(4-6-14)11-24(2)12-18(25)23-17-9-16(20)8-7-15(17)10-21/h3-9H,11-12H2,1-2H3,(H,22,26)(H,23,25)/p+1. The predicted octanol–water partition coefficient (Wildman–Crippen LogP) is 1.22. The molecular weight excluding hydrogens is 352 g/mol. The first-order valence-electron chi connectivity index (χ1n) is 8.04. The molecule has 0 aliphatic rings. The van der Waals surface area contributed by atoms with E-state index in [-0.39, 0.29) is 18.4 Å². The minimum Gasteiger partial charge on any atom is -0.355 e. The number of halogens is 1. The van der Waals surface area contributed by atoms with Gasteiger partial charge in [0.25, 0.3) is 11.8 Å². The van der Waals surface area contributed by atoms with Crippen LogP contribution in [0.15, 0.2) is 42.5 Å². The Bertz CT molecular complexity index is 844. The van der Waals surface area contributed by atoms with Crippen LogP contribution < -0.4 is 15.5 Å². The molecule has 0 radical (unpaired) electrons. The minimum atomic E-state index is -0.205. The van der Waals surface area contributed by atoms with E-state index in [4.69, 9.17) is 16.9 Å². The number of likely N-dealkylation sites (N-methyl/N-ethyl adjacent to an activating group) is 1. The molecule has 7 heteroatoms. The van der Waals surface area contributed by atoms with Crippen molar-refractivity contribution >= 4 is 29.1 Å². The first kappa shape index (κ1) is 19.4. The molecule has 3 N–H and O–H groups in total. The largest absolute Gasteiger partial charge is 0.355 e. The second-order valence-corrected chi connectivity index (χ2v) is 6.37. The zero-order chi connectivity index (χ0) is 19.1. The van der Waals surface area contributed by atoms with E-state index in [0.29, 0.717) is 28.4 Å². The van der Waals surface area contributed by atoms with Crippen LogP contribution in [0.4, 0.5) is 5.69 Å². The second-order valence-electron chi connectivity index (χ2n) is 5.94. The summed E-state index contributed by atoms with van der Waals surface area (Å²) in [6, 6.07) is 14.0. The molecule has 1 atom stereocenters. The van der Waals surface area contributed by atoms with Gasteiger partial charge in [0.15, 0.2) is 6.54 Å². The molecule has 2 amide bonds. The number of quaternary nitrogens is 1. The van der Waals surface area contributed by atoms with E-state index in [1.807, 2.05) is 25.2 Å². The lowest BCUT2D eigenvalue weighted by molar-refractivity contribution is -0.885. The SMILES string of the molecule is CNC(=O)c1ccc(C[NH+](C)CC(=O)Nc2cc(Cl)ccc2C#N)cc1. The fourth-order valence-corrected chi connectivity index (χ4v) is 2.69. The molecule has 0 spiro atoms. The zero-order valence-electron chi connectivity index (χ0n) is 14.6. The molecule has 6 nitrogen and oxygen atoms in total. The highest BCUT2D eigenvalue weighted by Gasteiger charge is 2.13. The third-order valence-corrected chi connectivity index (χ3v) is 4.02. The van der Waals surface area contributed by atoms with Crippen molar-refractivity contribution in [3.05, 3.63) is 64.2 Å². The van der Waals surface area contributed by atoms with Crippen LogP contribution >= 0.6 is 11.6 Å². The van der Waals surface area contributed by atoms with Crippen LogP contribution in [0.5, 0.6) is 0 Å². The monoisotopic (exact) mass is 371 g/mol. The Balaban J connectivity index is 1.94. The van der Waals surface area contributed by atoms with Gasteiger partial charge < -0.3 is 15.5 Å². The Morgan fingerprint density at radius 1 is 1.19 bits per heavy atom. The number of rotatable bonds is 6. The Morgan fingerprint density at radius 3 is 2.50 bits per heavy atom. The number of hydrogen-bond acceptors (Lipinski definition) is 3. The number of nitriles is 1. The smallest absolute Gasteiger partial charge is 0.279 e. The van der Waals surface area contributed by atoms with Crippen molar-refractivity contribution in [3.8, 4) is 6.07 Å². The third kappa shape index (κ3) is 5.31. The van der Waals surface area contributed by atoms with E-state index >= 15 is 0 Å². The van der Waals surface area contributed by atoms with Gasteiger partial charge >= 0.3 is 0 Å². The molecule has 0 saturated heterocycles. The van der Waals surface area contributed by atoms with Crippen LogP contribution in [-0.4, -0.2) is 32.5 Å². The molecule has 0 bridgehead atoms. The molecule has 0 saturated carbocycles. The van der Waals surface area contributed by atoms with Gasteiger partial charge in [0.05, 0.1) is 18.3 Å². The molecule has 0 fully saturated rings. The van der Waals surface area contributed by atoms with Gasteiger partial charge in [0.2, 0.25) is 0 Å². The highest BCUT2D eigenvalue weighted by molar-refractivity contribution is 6.31. The molecule has 26 heavy (non-hydrogen) atoms. The Hall–Kier alpha value is -2.88. The summed E-state index contributed by atoms with van der Waals surface area (Å²) >= 11 is 5.92. The van der Waals surface area contributed by atoms with Crippen molar-refractivity contribution in [1.82, 2.24) is 5.32 Å². The van der Waals surface area contributed by atoms with Crippen molar-refractivity contribution in [1.29, 1.82) is 5.26 Å². The number of nitrogens with one attached hydrogen (secondary N) is 3. The molecule has 0 heterocycles. The minimum absolute atomic E-state index is 0.133. The molecule has 1 unspecified atom stereocenters. The fourth-order valence-electron chi connectivity index (χ4n) is 2.52. The summed E-state index contributed by atoms with van der Waals surface area (Å²) in [5, 5.41) is 14.9. The van der Waals surface area contributed by atoms with Crippen LogP contribution in [0.1, 0.15) is 21.5 Å². The van der Waals surface area contributed by atoms with E-state index in [1.54, 1.807) is 37.4 Å². The van der Waals surface area contributed by atoms with Crippen LogP contribution in [0.2, 0.25) is 5.02 Å². The predicted molar refractivity (Wildman–Crippen MR) is 100 cm³/mol. The van der Waals surface area contributed by atoms with Crippen molar-refractivity contribution < 1.29 is 14.5 Å². The summed E-state index contributed by atoms with van der Waals surface area (Å²) in [5.41, 5.74) is 2.39. The van der Waals surface area contributed by atoms with E-state index in [9.17, 15) is 9.59 Å². The Kier molecular flexibility index (Phi) is 6.73. The molecule has 2 aromatic rings. The van der Waals surface area contributed by atoms with Crippen LogP contribution in [0.3, 0.4) is 0 Å². The maximum absolute atomic E-state index is 12.2. The van der Waals surface area contributed by atoms with E-state index in [2.05, 4.69) is 10.6 Å². The van der Waals surface area contributed by atoms with E-state index < -0.39 is 0 Å². The number of carbonyl (C=O) groups is 2. The lowest BCUT2D eigenvalue weighted by Gasteiger charge is -2.14. The van der Waals surface area contributed by atoms with Gasteiger partial charge in [-0.25, -0.2) is 0 Å². The molecule has 134 valence electrons. The van der Waals surface area contributed by atoms with Crippen LogP contribution in [0, 0.1) is 11.3 Å². The quantitative estimate of drug-likeness (QED) is 0.713. The fraction of sp³-hybridized carbons (Fsp3) is 0.211. The molecule has 0 aliphatic heterocycles. The average molecular weight is 372 g/mol. The highest BCUT2D eigenvalue weighted by atomic mass is 35.5. The molecular formula is C19H20ClN4O2+. The van der Waals surface area contributed by atoms with Crippen molar-refractivity contribution in [2.24, 2.45) is 0 Å². The van der Waals surface area contributed by atoms with Gasteiger partial charge in [-0.1, -0.05) is 23.7 Å². The lowest BCUT2D eigenvalue weighted by Crippen LogP contribution is -3.08. The van der Waals surface area contributed by atoms with Gasteiger partial charge in [-0.05, 0) is 30.3 Å².